The van der Waals surface area contributed by atoms with E-state index in [1.165, 1.54) is 11.1 Å². The number of allylic oxidation sites excluding steroid dienone is 4. The van der Waals surface area contributed by atoms with Crippen molar-refractivity contribution in [1.82, 2.24) is 0 Å². The summed E-state index contributed by atoms with van der Waals surface area (Å²) in [6.07, 6.45) is 11.6. The molecule has 0 saturated heterocycles. The van der Waals surface area contributed by atoms with E-state index in [1.54, 1.807) is 6.92 Å². The topological polar surface area (TPSA) is 43.4 Å². The summed E-state index contributed by atoms with van der Waals surface area (Å²) in [5, 5.41) is 0. The monoisotopic (exact) mass is 288 g/mol. The lowest BCUT2D eigenvalue weighted by molar-refractivity contribution is -0.139. The van der Waals surface area contributed by atoms with Gasteiger partial charge in [-0.05, 0) is 45.4 Å². The summed E-state index contributed by atoms with van der Waals surface area (Å²) in [6.45, 7) is 6.15. The number of ether oxygens (including phenoxy) is 1. The van der Waals surface area contributed by atoms with Crippen LogP contribution in [0.15, 0.2) is 35.5 Å². The second-order valence-electron chi connectivity index (χ2n) is 5.72. The third-order valence-corrected chi connectivity index (χ3v) is 4.60. The van der Waals surface area contributed by atoms with Gasteiger partial charge in [0.2, 0.25) is 0 Å². The second kappa shape index (κ2) is 6.88. The number of esters is 1. The van der Waals surface area contributed by atoms with Gasteiger partial charge in [0.1, 0.15) is 6.29 Å². The molecule has 2 aliphatic rings. The lowest BCUT2D eigenvalue weighted by Crippen LogP contribution is -2.32. The standard InChI is InChI=1S/C18H24O3/c1-3-21-17(20)14(2)18(12-13-19,15-8-4-5-9-15)16-10-6-7-11-16/h8,10,13H,2-7,9,11-12H2,1H3. The van der Waals surface area contributed by atoms with Crippen LogP contribution in [0.25, 0.3) is 0 Å². The van der Waals surface area contributed by atoms with Crippen molar-refractivity contribution in [3.63, 3.8) is 0 Å². The van der Waals surface area contributed by atoms with Gasteiger partial charge >= 0.3 is 5.97 Å². The molecule has 0 bridgehead atoms. The summed E-state index contributed by atoms with van der Waals surface area (Å²) in [5.41, 5.74) is 2.17. The minimum atomic E-state index is -0.624. The number of hydrogen-bond donors (Lipinski definition) is 0. The van der Waals surface area contributed by atoms with Gasteiger partial charge in [0.25, 0.3) is 0 Å². The maximum atomic E-state index is 12.3. The van der Waals surface area contributed by atoms with Crippen molar-refractivity contribution in [3.05, 3.63) is 35.5 Å². The van der Waals surface area contributed by atoms with Gasteiger partial charge < -0.3 is 9.53 Å². The number of carbonyl (C=O) groups is 2. The molecule has 0 radical (unpaired) electrons. The van der Waals surface area contributed by atoms with E-state index in [2.05, 4.69) is 18.7 Å². The van der Waals surface area contributed by atoms with Gasteiger partial charge in [0.05, 0.1) is 12.0 Å². The van der Waals surface area contributed by atoms with Crippen LogP contribution in [0.5, 0.6) is 0 Å². The zero-order chi connectivity index (χ0) is 15.3. The first kappa shape index (κ1) is 15.7. The summed E-state index contributed by atoms with van der Waals surface area (Å²) in [7, 11) is 0. The summed E-state index contributed by atoms with van der Waals surface area (Å²) >= 11 is 0. The summed E-state index contributed by atoms with van der Waals surface area (Å²) in [4.78, 5) is 23.7. The van der Waals surface area contributed by atoms with Crippen molar-refractivity contribution in [1.29, 1.82) is 0 Å². The number of carbonyl (C=O) groups excluding carboxylic acids is 2. The van der Waals surface area contributed by atoms with Crippen LogP contribution in [-0.2, 0) is 14.3 Å². The van der Waals surface area contributed by atoms with Crippen molar-refractivity contribution < 1.29 is 14.3 Å². The molecule has 0 aromatic carbocycles. The lowest BCUT2D eigenvalue weighted by atomic mass is 9.66. The first-order valence-electron chi connectivity index (χ1n) is 7.86. The SMILES string of the molecule is C=C(C(=O)OCC)C(CC=O)(C1=CCCC1)C1=CCCC1. The Morgan fingerprint density at radius 2 is 1.86 bits per heavy atom. The van der Waals surface area contributed by atoms with Gasteiger partial charge in [-0.2, -0.15) is 0 Å². The van der Waals surface area contributed by atoms with Crippen molar-refractivity contribution in [2.45, 2.75) is 51.9 Å². The van der Waals surface area contributed by atoms with Crippen molar-refractivity contribution in [2.24, 2.45) is 5.41 Å². The lowest BCUT2D eigenvalue weighted by Gasteiger charge is -2.36. The molecule has 2 rings (SSSR count). The highest BCUT2D eigenvalue weighted by Crippen LogP contribution is 2.52. The number of aldehydes is 1. The van der Waals surface area contributed by atoms with E-state index in [0.29, 0.717) is 18.6 Å². The predicted octanol–water partition coefficient (Wildman–Crippen LogP) is 3.90. The smallest absolute Gasteiger partial charge is 0.334 e. The van der Waals surface area contributed by atoms with Gasteiger partial charge in [-0.1, -0.05) is 29.9 Å². The normalized spacial score (nSPS) is 18.1. The molecule has 0 aromatic heterocycles. The van der Waals surface area contributed by atoms with Crippen molar-refractivity contribution in [3.8, 4) is 0 Å². The fourth-order valence-corrected chi connectivity index (χ4v) is 3.61. The average molecular weight is 288 g/mol. The Kier molecular flexibility index (Phi) is 5.16. The minimum Gasteiger partial charge on any atom is -0.463 e. The molecule has 0 aromatic rings. The Labute approximate surface area is 126 Å². The average Bonchev–Trinajstić information content (AvgIpc) is 3.17. The van der Waals surface area contributed by atoms with E-state index in [9.17, 15) is 9.59 Å². The highest BCUT2D eigenvalue weighted by atomic mass is 16.5. The van der Waals surface area contributed by atoms with Gasteiger partial charge in [0, 0.05) is 12.0 Å². The van der Waals surface area contributed by atoms with Gasteiger partial charge in [-0.3, -0.25) is 0 Å². The molecular formula is C18H24O3. The van der Waals surface area contributed by atoms with Gasteiger partial charge in [-0.25, -0.2) is 4.79 Å². The molecule has 21 heavy (non-hydrogen) atoms. The van der Waals surface area contributed by atoms with E-state index >= 15 is 0 Å². The highest BCUT2D eigenvalue weighted by Gasteiger charge is 2.44. The van der Waals surface area contributed by atoms with Crippen LogP contribution >= 0.6 is 0 Å². The Hall–Kier alpha value is -1.64. The van der Waals surface area contributed by atoms with Crippen LogP contribution in [0.1, 0.15) is 51.9 Å². The van der Waals surface area contributed by atoms with Crippen LogP contribution in [0.3, 0.4) is 0 Å². The maximum Gasteiger partial charge on any atom is 0.334 e. The molecule has 0 N–H and O–H groups in total. The third kappa shape index (κ3) is 2.87. The number of rotatable bonds is 7. The van der Waals surface area contributed by atoms with E-state index in [4.69, 9.17) is 4.74 Å². The van der Waals surface area contributed by atoms with E-state index < -0.39 is 5.41 Å². The molecule has 0 unspecified atom stereocenters. The zero-order valence-corrected chi connectivity index (χ0v) is 12.8. The molecule has 3 nitrogen and oxygen atoms in total. The summed E-state index contributed by atoms with van der Waals surface area (Å²) in [5.74, 6) is -0.375. The largest absolute Gasteiger partial charge is 0.463 e. The Bertz CT molecular complexity index is 473. The molecule has 2 aliphatic carbocycles. The molecule has 0 amide bonds. The highest BCUT2D eigenvalue weighted by molar-refractivity contribution is 5.92. The van der Waals surface area contributed by atoms with Crippen molar-refractivity contribution in [2.75, 3.05) is 6.61 Å². The van der Waals surface area contributed by atoms with Crippen LogP contribution in [0.2, 0.25) is 0 Å². The fraction of sp³-hybridized carbons (Fsp3) is 0.556. The number of hydrogen-bond acceptors (Lipinski definition) is 3. The maximum absolute atomic E-state index is 12.3. The summed E-state index contributed by atoms with van der Waals surface area (Å²) in [6, 6.07) is 0. The quantitative estimate of drug-likeness (QED) is 0.309. The Morgan fingerprint density at radius 1 is 1.29 bits per heavy atom. The van der Waals surface area contributed by atoms with Crippen molar-refractivity contribution >= 4 is 12.3 Å². The molecule has 0 atom stereocenters. The zero-order valence-electron chi connectivity index (χ0n) is 12.8. The van der Waals surface area contributed by atoms with E-state index in [0.717, 1.165) is 44.8 Å². The van der Waals surface area contributed by atoms with Gasteiger partial charge in [0.15, 0.2) is 0 Å². The van der Waals surface area contributed by atoms with Crippen LogP contribution < -0.4 is 0 Å². The fourth-order valence-electron chi connectivity index (χ4n) is 3.61. The third-order valence-electron chi connectivity index (χ3n) is 4.60. The molecule has 0 saturated carbocycles. The van der Waals surface area contributed by atoms with Gasteiger partial charge in [-0.15, -0.1) is 0 Å². The minimum absolute atomic E-state index is 0.294. The predicted molar refractivity (Wildman–Crippen MR) is 82.8 cm³/mol. The first-order chi connectivity index (χ1) is 10.2. The molecular weight excluding hydrogens is 264 g/mol. The van der Waals surface area contributed by atoms with Crippen LogP contribution in [-0.4, -0.2) is 18.9 Å². The second-order valence-corrected chi connectivity index (χ2v) is 5.72. The van der Waals surface area contributed by atoms with E-state index in [-0.39, 0.29) is 5.97 Å². The molecule has 0 fully saturated rings. The Morgan fingerprint density at radius 3 is 2.24 bits per heavy atom. The first-order valence-corrected chi connectivity index (χ1v) is 7.86. The Balaban J connectivity index is 2.46. The molecule has 0 spiro atoms. The molecule has 0 aliphatic heterocycles. The summed E-state index contributed by atoms with van der Waals surface area (Å²) < 4.78 is 5.17. The van der Waals surface area contributed by atoms with E-state index in [1.807, 2.05) is 0 Å². The van der Waals surface area contributed by atoms with Crippen LogP contribution in [0.4, 0.5) is 0 Å². The van der Waals surface area contributed by atoms with Crippen LogP contribution in [0, 0.1) is 5.41 Å². The molecule has 3 heteroatoms. The molecule has 114 valence electrons. The molecule has 0 heterocycles.